The topological polar surface area (TPSA) is 69.9 Å². The van der Waals surface area contributed by atoms with Crippen LogP contribution in [-0.2, 0) is 14.8 Å². The average Bonchev–Trinajstić information content (AvgIpc) is 2.80. The molecule has 34 heavy (non-hydrogen) atoms. The van der Waals surface area contributed by atoms with Gasteiger partial charge in [-0.2, -0.15) is 4.58 Å². The molecular weight excluding hydrogens is 457 g/mol. The van der Waals surface area contributed by atoms with Crippen LogP contribution in [0.25, 0.3) is 0 Å². The summed E-state index contributed by atoms with van der Waals surface area (Å²) in [5.41, 5.74) is 2.13. The number of ether oxygens (including phenoxy) is 1. The van der Waals surface area contributed by atoms with Gasteiger partial charge in [-0.1, -0.05) is 18.7 Å². The second-order valence-electron chi connectivity index (χ2n) is 8.54. The summed E-state index contributed by atoms with van der Waals surface area (Å²) in [5, 5.41) is 0. The number of halogens is 1. The van der Waals surface area contributed by atoms with Gasteiger partial charge in [-0.05, 0) is 48.4 Å². The molecule has 1 atom stereocenters. The Labute approximate surface area is 200 Å². The third-order valence-electron chi connectivity index (χ3n) is 5.87. The molecule has 3 rings (SSSR count). The van der Waals surface area contributed by atoms with Crippen LogP contribution in [0.2, 0.25) is 0 Å². The normalized spacial score (nSPS) is 15.9. The van der Waals surface area contributed by atoms with E-state index in [4.69, 9.17) is 4.74 Å². The highest BCUT2D eigenvalue weighted by Gasteiger charge is 2.29. The third-order valence-corrected chi connectivity index (χ3v) is 7.70. The molecule has 2 aromatic carbocycles. The molecule has 0 saturated carbocycles. The molecule has 0 aromatic heterocycles. The largest absolute Gasteiger partial charge is 0.484 e. The number of hydrogen-bond donors (Lipinski definition) is 0. The Morgan fingerprint density at radius 3 is 2.47 bits per heavy atom. The molecule has 0 saturated heterocycles. The van der Waals surface area contributed by atoms with Crippen LogP contribution in [0, 0.1) is 12.7 Å². The lowest BCUT2D eigenvalue weighted by Gasteiger charge is -2.29. The lowest BCUT2D eigenvalue weighted by Crippen LogP contribution is -2.47. The maximum Gasteiger partial charge on any atom is 0.411 e. The summed E-state index contributed by atoms with van der Waals surface area (Å²) in [6, 6.07) is 11.2. The monoisotopic (exact) mass is 488 g/mol. The standard InChI is InChI=1S/C25H31FN3O4S/c1-6-25(30)29-14-13-28(16-19(29)3)17-24(20-8-7-18(2)23(26)15-20)33-21-9-11-22(12-10-21)34(31,32)27(4)5/h6-12,15,24H,1,13-14,16-17H2,2-5H3/q+1/t24-/m1/s1. The predicted octanol–water partition coefficient (Wildman–Crippen LogP) is 3.01. The van der Waals surface area contributed by atoms with Crippen molar-refractivity contribution in [2.45, 2.75) is 24.8 Å². The lowest BCUT2D eigenvalue weighted by atomic mass is 10.1. The molecule has 1 aliphatic rings. The molecule has 182 valence electrons. The number of nitrogens with zero attached hydrogens (tertiary/aromatic N) is 3. The lowest BCUT2D eigenvalue weighted by molar-refractivity contribution is -0.451. The van der Waals surface area contributed by atoms with Crippen LogP contribution < -0.4 is 4.74 Å². The van der Waals surface area contributed by atoms with Crippen LogP contribution in [0.5, 0.6) is 5.75 Å². The highest BCUT2D eigenvalue weighted by Crippen LogP contribution is 2.26. The van der Waals surface area contributed by atoms with Gasteiger partial charge in [0, 0.05) is 33.6 Å². The zero-order valence-electron chi connectivity index (χ0n) is 20.0. The molecule has 0 N–H and O–H groups in total. The highest BCUT2D eigenvalue weighted by atomic mass is 32.2. The van der Waals surface area contributed by atoms with Crippen LogP contribution in [0.15, 0.2) is 60.0 Å². The number of hydrogen-bond acceptors (Lipinski definition) is 5. The van der Waals surface area contributed by atoms with Crippen molar-refractivity contribution >= 4 is 21.6 Å². The number of amides is 1. The molecule has 1 heterocycles. The summed E-state index contributed by atoms with van der Waals surface area (Å²) < 4.78 is 48.1. The van der Waals surface area contributed by atoms with Gasteiger partial charge in [0.2, 0.25) is 10.0 Å². The van der Waals surface area contributed by atoms with Crippen molar-refractivity contribution < 1.29 is 26.9 Å². The SMILES string of the molecule is C=CC(=O)[N+]1=C(C)CN(C[C@@H](Oc2ccc(S(=O)(=O)N(C)C)cc2)c2ccc(C)c(F)c2)CC1. The van der Waals surface area contributed by atoms with E-state index >= 15 is 0 Å². The van der Waals surface area contributed by atoms with Gasteiger partial charge in [-0.25, -0.2) is 21.9 Å². The van der Waals surface area contributed by atoms with Gasteiger partial charge < -0.3 is 4.74 Å². The molecule has 1 aliphatic heterocycles. The van der Waals surface area contributed by atoms with E-state index in [9.17, 15) is 17.6 Å². The fourth-order valence-corrected chi connectivity index (χ4v) is 4.71. The molecule has 0 radical (unpaired) electrons. The fourth-order valence-electron chi connectivity index (χ4n) is 3.80. The minimum absolute atomic E-state index is 0.127. The molecule has 0 unspecified atom stereocenters. The van der Waals surface area contributed by atoms with Crippen molar-refractivity contribution in [1.82, 2.24) is 9.21 Å². The van der Waals surface area contributed by atoms with E-state index in [2.05, 4.69) is 11.5 Å². The molecule has 2 aromatic rings. The molecule has 0 bridgehead atoms. The van der Waals surface area contributed by atoms with Gasteiger partial charge >= 0.3 is 5.91 Å². The number of carbonyl (C=O) groups is 1. The van der Waals surface area contributed by atoms with Crippen LogP contribution in [0.3, 0.4) is 0 Å². The van der Waals surface area contributed by atoms with Gasteiger partial charge in [-0.15, -0.1) is 0 Å². The van der Waals surface area contributed by atoms with E-state index < -0.39 is 16.1 Å². The van der Waals surface area contributed by atoms with Crippen LogP contribution in [-0.4, -0.2) is 74.1 Å². The molecule has 9 heteroatoms. The summed E-state index contributed by atoms with van der Waals surface area (Å²) in [6.07, 6.45) is 0.807. The molecular formula is C25H31FN3O4S+. The third kappa shape index (κ3) is 5.78. The molecule has 1 amide bonds. The van der Waals surface area contributed by atoms with E-state index in [1.807, 2.05) is 13.0 Å². The average molecular weight is 489 g/mol. The van der Waals surface area contributed by atoms with E-state index in [0.29, 0.717) is 43.1 Å². The Morgan fingerprint density at radius 2 is 1.91 bits per heavy atom. The van der Waals surface area contributed by atoms with Crippen LogP contribution >= 0.6 is 0 Å². The summed E-state index contributed by atoms with van der Waals surface area (Å²) in [5.74, 6) is 0.0332. The summed E-state index contributed by atoms with van der Waals surface area (Å²) in [4.78, 5) is 14.3. The first-order valence-corrected chi connectivity index (χ1v) is 12.4. The van der Waals surface area contributed by atoms with Gasteiger partial charge in [0.1, 0.15) is 17.7 Å². The van der Waals surface area contributed by atoms with Crippen molar-refractivity contribution in [1.29, 1.82) is 0 Å². The van der Waals surface area contributed by atoms with Crippen LogP contribution in [0.4, 0.5) is 4.39 Å². The first-order chi connectivity index (χ1) is 16.0. The fraction of sp³-hybridized carbons (Fsp3) is 0.360. The number of sulfonamides is 1. The molecule has 0 aliphatic carbocycles. The van der Waals surface area contributed by atoms with Crippen molar-refractivity contribution in [3.8, 4) is 5.75 Å². The van der Waals surface area contributed by atoms with E-state index in [1.54, 1.807) is 29.7 Å². The summed E-state index contributed by atoms with van der Waals surface area (Å²) in [6.45, 7) is 9.35. The summed E-state index contributed by atoms with van der Waals surface area (Å²) >= 11 is 0. The number of aryl methyl sites for hydroxylation is 1. The Morgan fingerprint density at radius 1 is 1.24 bits per heavy atom. The van der Waals surface area contributed by atoms with Crippen molar-refractivity contribution in [3.63, 3.8) is 0 Å². The van der Waals surface area contributed by atoms with E-state index in [0.717, 1.165) is 10.0 Å². The molecule has 0 spiro atoms. The van der Waals surface area contributed by atoms with Gasteiger partial charge in [-0.3, -0.25) is 4.90 Å². The minimum atomic E-state index is -3.55. The zero-order chi connectivity index (χ0) is 25.0. The maximum atomic E-state index is 14.4. The second kappa shape index (κ2) is 10.6. The van der Waals surface area contributed by atoms with Gasteiger partial charge in [0.25, 0.3) is 0 Å². The van der Waals surface area contributed by atoms with Gasteiger partial charge in [0.15, 0.2) is 12.3 Å². The number of carbonyl (C=O) groups excluding carboxylic acids is 1. The zero-order valence-corrected chi connectivity index (χ0v) is 20.8. The molecule has 0 fully saturated rings. The van der Waals surface area contributed by atoms with Crippen molar-refractivity contribution in [3.05, 3.63) is 72.1 Å². The smallest absolute Gasteiger partial charge is 0.411 e. The highest BCUT2D eigenvalue weighted by molar-refractivity contribution is 7.89. The first-order valence-electron chi connectivity index (χ1n) is 11.0. The quantitative estimate of drug-likeness (QED) is 0.422. The first kappa shape index (κ1) is 25.7. The minimum Gasteiger partial charge on any atom is -0.484 e. The Hall–Kier alpha value is -2.88. The predicted molar refractivity (Wildman–Crippen MR) is 129 cm³/mol. The van der Waals surface area contributed by atoms with Crippen molar-refractivity contribution in [2.24, 2.45) is 0 Å². The van der Waals surface area contributed by atoms with E-state index in [-0.39, 0.29) is 16.6 Å². The van der Waals surface area contributed by atoms with Crippen molar-refractivity contribution in [2.75, 3.05) is 40.3 Å². The van der Waals surface area contributed by atoms with Gasteiger partial charge in [0.05, 0.1) is 18.0 Å². The van der Waals surface area contributed by atoms with Crippen LogP contribution in [0.1, 0.15) is 24.2 Å². The molecule has 7 nitrogen and oxygen atoms in total. The summed E-state index contributed by atoms with van der Waals surface area (Å²) in [7, 11) is -0.599. The Balaban J connectivity index is 1.85. The Kier molecular flexibility index (Phi) is 8.01. The Bertz CT molecular complexity index is 1210. The second-order valence-corrected chi connectivity index (χ2v) is 10.7. The number of benzene rings is 2. The maximum absolute atomic E-state index is 14.4. The van der Waals surface area contributed by atoms with E-state index in [1.165, 1.54) is 38.4 Å². The number of rotatable bonds is 8.